The van der Waals surface area contributed by atoms with Crippen LogP contribution in [0, 0.1) is 5.82 Å². The highest BCUT2D eigenvalue weighted by molar-refractivity contribution is 7.10. The summed E-state index contributed by atoms with van der Waals surface area (Å²) in [4.78, 5) is 27.6. The van der Waals surface area contributed by atoms with Gasteiger partial charge < -0.3 is 14.5 Å². The summed E-state index contributed by atoms with van der Waals surface area (Å²) in [5.41, 5.74) is 1.72. The van der Waals surface area contributed by atoms with Crippen LogP contribution in [0.5, 0.6) is 11.6 Å². The van der Waals surface area contributed by atoms with E-state index in [0.29, 0.717) is 43.5 Å². The number of nitrogens with zero attached hydrogens (tertiary/aromatic N) is 4. The van der Waals surface area contributed by atoms with E-state index in [-0.39, 0.29) is 11.7 Å². The number of benzene rings is 1. The average Bonchev–Trinajstić information content (AvgIpc) is 3.32. The second-order valence-corrected chi connectivity index (χ2v) is 9.21. The maximum Gasteiger partial charge on any atom is 0.229 e. The van der Waals surface area contributed by atoms with Gasteiger partial charge in [0.05, 0.1) is 24.2 Å². The molecule has 0 aliphatic carbocycles. The lowest BCUT2D eigenvalue weighted by Crippen LogP contribution is -2.38. The van der Waals surface area contributed by atoms with Gasteiger partial charge >= 0.3 is 0 Å². The van der Waals surface area contributed by atoms with Crippen molar-refractivity contribution in [2.24, 2.45) is 0 Å². The van der Waals surface area contributed by atoms with Crippen LogP contribution in [0.3, 0.4) is 0 Å². The molecule has 0 atom stereocenters. The molecule has 2 aromatic heterocycles. The number of thiophene rings is 1. The first-order chi connectivity index (χ1) is 15.7. The van der Waals surface area contributed by atoms with Gasteiger partial charge in [0.15, 0.2) is 0 Å². The molecule has 6 nitrogen and oxygen atoms in total. The summed E-state index contributed by atoms with van der Waals surface area (Å²) in [7, 11) is 0. The quantitative estimate of drug-likeness (QED) is 0.567. The normalized spacial score (nSPS) is 16.0. The van der Waals surface area contributed by atoms with Crippen molar-refractivity contribution in [3.05, 3.63) is 63.7 Å². The van der Waals surface area contributed by atoms with E-state index in [9.17, 15) is 9.18 Å². The minimum absolute atomic E-state index is 0.0786. The molecular weight excluding hydrogens is 427 g/mol. The number of anilines is 1. The molecule has 1 aromatic carbocycles. The molecule has 1 amide bonds. The molecule has 1 saturated heterocycles. The van der Waals surface area contributed by atoms with Gasteiger partial charge in [-0.2, -0.15) is 4.98 Å². The molecule has 8 heteroatoms. The molecule has 2 aliphatic heterocycles. The van der Waals surface area contributed by atoms with Crippen molar-refractivity contribution in [1.29, 1.82) is 0 Å². The third-order valence-electron chi connectivity index (χ3n) is 5.92. The van der Waals surface area contributed by atoms with E-state index in [2.05, 4.69) is 4.90 Å². The Bertz CT molecular complexity index is 1100. The number of piperidine rings is 1. The SMILES string of the molecule is O=C(Cc1cccs1)N1CCc2nc(N3CCCCC3)nc(Oc3cccc(F)c3)c2C1. The molecular formula is C24H25FN4O2S. The first kappa shape index (κ1) is 20.9. The second kappa shape index (κ2) is 9.24. The highest BCUT2D eigenvalue weighted by Crippen LogP contribution is 2.32. The van der Waals surface area contributed by atoms with Gasteiger partial charge in [0.25, 0.3) is 0 Å². The molecule has 0 radical (unpaired) electrons. The Morgan fingerprint density at radius 1 is 1.09 bits per heavy atom. The Kier molecular flexibility index (Phi) is 6.03. The number of halogens is 1. The molecule has 0 N–H and O–H groups in total. The van der Waals surface area contributed by atoms with E-state index in [1.807, 2.05) is 22.4 Å². The van der Waals surface area contributed by atoms with Gasteiger partial charge in [-0.15, -0.1) is 11.3 Å². The van der Waals surface area contributed by atoms with Crippen molar-refractivity contribution < 1.29 is 13.9 Å². The van der Waals surface area contributed by atoms with Crippen molar-refractivity contribution in [2.45, 2.75) is 38.6 Å². The van der Waals surface area contributed by atoms with Crippen LogP contribution in [-0.2, 0) is 24.2 Å². The standard InChI is InChI=1S/C24H25FN4O2S/c25-17-6-4-7-18(14-17)31-23-20-16-29(22(30)15-19-8-5-13-32-19)12-9-21(20)26-24(27-23)28-10-2-1-3-11-28/h4-8,13-14H,1-3,9-12,15-16H2. The maximum absolute atomic E-state index is 13.8. The number of hydrogen-bond donors (Lipinski definition) is 0. The van der Waals surface area contributed by atoms with Gasteiger partial charge in [-0.3, -0.25) is 4.79 Å². The number of aromatic nitrogens is 2. The van der Waals surface area contributed by atoms with Crippen molar-refractivity contribution in [3.8, 4) is 11.6 Å². The number of hydrogen-bond acceptors (Lipinski definition) is 6. The molecule has 1 fully saturated rings. The van der Waals surface area contributed by atoms with E-state index in [0.717, 1.165) is 42.1 Å². The van der Waals surface area contributed by atoms with Crippen LogP contribution in [0.15, 0.2) is 41.8 Å². The molecule has 3 aromatic rings. The molecule has 2 aliphatic rings. The van der Waals surface area contributed by atoms with Crippen molar-refractivity contribution in [2.75, 3.05) is 24.5 Å². The zero-order valence-corrected chi connectivity index (χ0v) is 18.6. The zero-order valence-electron chi connectivity index (χ0n) is 17.8. The second-order valence-electron chi connectivity index (χ2n) is 8.18. The smallest absolute Gasteiger partial charge is 0.229 e. The van der Waals surface area contributed by atoms with Crippen LogP contribution in [0.25, 0.3) is 0 Å². The number of ether oxygens (including phenoxy) is 1. The van der Waals surface area contributed by atoms with E-state index in [4.69, 9.17) is 14.7 Å². The van der Waals surface area contributed by atoms with Gasteiger partial charge in [0.2, 0.25) is 17.7 Å². The Labute approximate surface area is 190 Å². The van der Waals surface area contributed by atoms with Gasteiger partial charge in [0, 0.05) is 37.0 Å². The summed E-state index contributed by atoms with van der Waals surface area (Å²) in [6.45, 7) is 2.85. The predicted molar refractivity (Wildman–Crippen MR) is 122 cm³/mol. The fourth-order valence-electron chi connectivity index (χ4n) is 4.22. The summed E-state index contributed by atoms with van der Waals surface area (Å²) >= 11 is 1.59. The Balaban J connectivity index is 1.45. The topological polar surface area (TPSA) is 58.6 Å². The van der Waals surface area contributed by atoms with Crippen molar-refractivity contribution in [1.82, 2.24) is 14.9 Å². The monoisotopic (exact) mass is 452 g/mol. The van der Waals surface area contributed by atoms with E-state index < -0.39 is 0 Å². The highest BCUT2D eigenvalue weighted by Gasteiger charge is 2.28. The van der Waals surface area contributed by atoms with Gasteiger partial charge in [-0.1, -0.05) is 12.1 Å². The molecule has 4 heterocycles. The van der Waals surface area contributed by atoms with Crippen molar-refractivity contribution >= 4 is 23.2 Å². The fraction of sp³-hybridized carbons (Fsp3) is 0.375. The molecule has 0 unspecified atom stereocenters. The summed E-state index contributed by atoms with van der Waals surface area (Å²) < 4.78 is 19.8. The first-order valence-electron chi connectivity index (χ1n) is 11.0. The summed E-state index contributed by atoms with van der Waals surface area (Å²) in [6.07, 6.45) is 4.49. The Hall–Kier alpha value is -3.00. The zero-order chi connectivity index (χ0) is 21.9. The Morgan fingerprint density at radius 2 is 1.97 bits per heavy atom. The number of rotatable bonds is 5. The van der Waals surface area contributed by atoms with Gasteiger partial charge in [-0.05, 0) is 42.8 Å². The third-order valence-corrected chi connectivity index (χ3v) is 6.79. The summed E-state index contributed by atoms with van der Waals surface area (Å²) in [6, 6.07) is 9.98. The van der Waals surface area contributed by atoms with Crippen LogP contribution in [0.2, 0.25) is 0 Å². The third kappa shape index (κ3) is 4.60. The van der Waals surface area contributed by atoms with E-state index in [1.165, 1.54) is 18.6 Å². The predicted octanol–water partition coefficient (Wildman–Crippen LogP) is 4.59. The van der Waals surface area contributed by atoms with Gasteiger partial charge in [-0.25, -0.2) is 9.37 Å². The summed E-state index contributed by atoms with van der Waals surface area (Å²) in [5, 5.41) is 1.98. The minimum Gasteiger partial charge on any atom is -0.438 e. The number of amides is 1. The largest absolute Gasteiger partial charge is 0.438 e. The fourth-order valence-corrected chi connectivity index (χ4v) is 4.92. The van der Waals surface area contributed by atoms with Crippen LogP contribution in [0.1, 0.15) is 35.4 Å². The maximum atomic E-state index is 13.8. The molecule has 0 spiro atoms. The number of carbonyl (C=O) groups is 1. The first-order valence-corrected chi connectivity index (χ1v) is 11.9. The number of fused-ring (bicyclic) bond motifs is 1. The molecule has 166 valence electrons. The van der Waals surface area contributed by atoms with E-state index in [1.54, 1.807) is 23.5 Å². The lowest BCUT2D eigenvalue weighted by Gasteiger charge is -2.32. The van der Waals surface area contributed by atoms with E-state index >= 15 is 0 Å². The molecule has 5 rings (SSSR count). The Morgan fingerprint density at radius 3 is 2.75 bits per heavy atom. The van der Waals surface area contributed by atoms with Crippen LogP contribution in [0.4, 0.5) is 10.3 Å². The average molecular weight is 453 g/mol. The lowest BCUT2D eigenvalue weighted by atomic mass is 10.1. The lowest BCUT2D eigenvalue weighted by molar-refractivity contribution is -0.131. The molecule has 0 saturated carbocycles. The minimum atomic E-state index is -0.366. The molecule has 0 bridgehead atoms. The van der Waals surface area contributed by atoms with Crippen LogP contribution < -0.4 is 9.64 Å². The number of carbonyl (C=O) groups excluding carboxylic acids is 1. The summed E-state index contributed by atoms with van der Waals surface area (Å²) in [5.74, 6) is 1.17. The van der Waals surface area contributed by atoms with Crippen LogP contribution in [-0.4, -0.2) is 40.4 Å². The van der Waals surface area contributed by atoms with Gasteiger partial charge in [0.1, 0.15) is 11.6 Å². The molecule has 32 heavy (non-hydrogen) atoms. The highest BCUT2D eigenvalue weighted by atomic mass is 32.1. The van der Waals surface area contributed by atoms with Crippen molar-refractivity contribution in [3.63, 3.8) is 0 Å². The van der Waals surface area contributed by atoms with Crippen LogP contribution >= 0.6 is 11.3 Å².